The Hall–Kier alpha value is -2.91. The fourth-order valence-electron chi connectivity index (χ4n) is 2.99. The lowest BCUT2D eigenvalue weighted by atomic mass is 10.2. The minimum Gasteiger partial charge on any atom is -0.467 e. The normalized spacial score (nSPS) is 15.7. The molecule has 30 heavy (non-hydrogen) atoms. The van der Waals surface area contributed by atoms with Crippen LogP contribution in [0.15, 0.2) is 56.9 Å². The number of thiocarbonyl (C=S) groups is 1. The molecule has 0 aliphatic carbocycles. The molecule has 0 atom stereocenters. The number of fused-ring (bicyclic) bond motifs is 1. The van der Waals surface area contributed by atoms with E-state index < -0.39 is 0 Å². The highest BCUT2D eigenvalue weighted by Gasteiger charge is 2.33. The Morgan fingerprint density at radius 3 is 2.83 bits per heavy atom. The summed E-state index contributed by atoms with van der Waals surface area (Å²) in [6.45, 7) is 5.04. The molecule has 0 spiro atoms. The first-order valence-corrected chi connectivity index (χ1v) is 10.7. The zero-order valence-electron chi connectivity index (χ0n) is 16.5. The van der Waals surface area contributed by atoms with Crippen molar-refractivity contribution in [1.82, 2.24) is 14.3 Å². The molecule has 1 N–H and O–H groups in total. The van der Waals surface area contributed by atoms with Gasteiger partial charge in [0.15, 0.2) is 0 Å². The number of nitrogens with zero attached hydrogens (tertiary/aromatic N) is 3. The summed E-state index contributed by atoms with van der Waals surface area (Å²) in [5.41, 5.74) is 0.622. The van der Waals surface area contributed by atoms with E-state index in [4.69, 9.17) is 16.6 Å². The predicted octanol–water partition coefficient (Wildman–Crippen LogP) is 3.76. The Morgan fingerprint density at radius 2 is 2.10 bits per heavy atom. The van der Waals surface area contributed by atoms with Gasteiger partial charge in [-0.25, -0.2) is 4.98 Å². The summed E-state index contributed by atoms with van der Waals surface area (Å²) in [4.78, 5) is 32.6. The Kier molecular flexibility index (Phi) is 5.74. The first kappa shape index (κ1) is 20.4. The molecule has 1 aliphatic rings. The average molecular weight is 441 g/mol. The summed E-state index contributed by atoms with van der Waals surface area (Å²) in [5, 5.41) is 3.24. The van der Waals surface area contributed by atoms with Crippen LogP contribution >= 0.6 is 24.0 Å². The number of pyridine rings is 1. The van der Waals surface area contributed by atoms with Gasteiger partial charge in [0.05, 0.1) is 23.3 Å². The molecule has 9 heteroatoms. The van der Waals surface area contributed by atoms with Gasteiger partial charge in [0.2, 0.25) is 0 Å². The van der Waals surface area contributed by atoms with E-state index in [1.54, 1.807) is 42.8 Å². The van der Waals surface area contributed by atoms with E-state index in [1.165, 1.54) is 21.1 Å². The molecule has 154 valence electrons. The molecular formula is C21H20N4O3S2. The zero-order chi connectivity index (χ0) is 21.3. The lowest BCUT2D eigenvalue weighted by Crippen LogP contribution is -2.27. The van der Waals surface area contributed by atoms with Gasteiger partial charge in [0, 0.05) is 12.7 Å². The number of thioether (sulfide) groups is 1. The van der Waals surface area contributed by atoms with Crippen LogP contribution in [-0.2, 0) is 11.3 Å². The zero-order valence-corrected chi connectivity index (χ0v) is 18.1. The maximum absolute atomic E-state index is 13.2. The van der Waals surface area contributed by atoms with Crippen molar-refractivity contribution in [2.24, 2.45) is 5.92 Å². The van der Waals surface area contributed by atoms with Gasteiger partial charge in [-0.2, -0.15) is 0 Å². The number of aromatic nitrogens is 2. The highest BCUT2D eigenvalue weighted by atomic mass is 32.2. The molecule has 1 saturated heterocycles. The number of carbonyl (C=O) groups is 1. The quantitative estimate of drug-likeness (QED) is 0.462. The molecule has 1 aliphatic heterocycles. The number of nitrogens with one attached hydrogen (secondary N) is 1. The van der Waals surface area contributed by atoms with E-state index in [9.17, 15) is 9.59 Å². The van der Waals surface area contributed by atoms with Crippen molar-refractivity contribution in [1.29, 1.82) is 0 Å². The number of hydrogen-bond acceptors (Lipinski definition) is 7. The van der Waals surface area contributed by atoms with Gasteiger partial charge in [-0.1, -0.05) is 43.9 Å². The van der Waals surface area contributed by atoms with Crippen LogP contribution in [0.2, 0.25) is 0 Å². The fourth-order valence-corrected chi connectivity index (χ4v) is 4.23. The Balaban J connectivity index is 1.74. The standard InChI is InChI=1S/C21H20N4O3S2/c1-13(2)11-22-18-15(19(26)24-8-4-3-7-17(24)23-18)10-16-20(27)25(21(29)30-16)12-14-6-5-9-28-14/h3-10,13,22H,11-12H2,1-2H3/b16-10+. The van der Waals surface area contributed by atoms with Crippen molar-refractivity contribution in [3.63, 3.8) is 0 Å². The monoisotopic (exact) mass is 440 g/mol. The van der Waals surface area contributed by atoms with Gasteiger partial charge >= 0.3 is 0 Å². The molecule has 0 saturated carbocycles. The number of amides is 1. The van der Waals surface area contributed by atoms with Crippen LogP contribution < -0.4 is 10.9 Å². The molecule has 4 rings (SSSR count). The Morgan fingerprint density at radius 1 is 1.27 bits per heavy atom. The first-order chi connectivity index (χ1) is 14.4. The highest BCUT2D eigenvalue weighted by Crippen LogP contribution is 2.34. The molecule has 1 fully saturated rings. The molecule has 3 aromatic heterocycles. The molecule has 0 unspecified atom stereocenters. The fraction of sp³-hybridized carbons (Fsp3) is 0.238. The number of hydrogen-bond donors (Lipinski definition) is 1. The Labute approximate surface area is 182 Å². The van der Waals surface area contributed by atoms with E-state index in [1.807, 2.05) is 6.07 Å². The average Bonchev–Trinajstić information content (AvgIpc) is 3.33. The van der Waals surface area contributed by atoms with Gasteiger partial charge in [-0.15, -0.1) is 0 Å². The summed E-state index contributed by atoms with van der Waals surface area (Å²) in [6.07, 6.45) is 4.80. The first-order valence-electron chi connectivity index (χ1n) is 9.47. The number of furan rings is 1. The van der Waals surface area contributed by atoms with Crippen LogP contribution in [0.25, 0.3) is 11.7 Å². The summed E-state index contributed by atoms with van der Waals surface area (Å²) in [7, 11) is 0. The topological polar surface area (TPSA) is 79.9 Å². The minimum absolute atomic E-state index is 0.247. The van der Waals surface area contributed by atoms with Gasteiger partial charge in [-0.3, -0.25) is 18.9 Å². The van der Waals surface area contributed by atoms with Gasteiger partial charge in [0.25, 0.3) is 11.5 Å². The number of anilines is 1. The van der Waals surface area contributed by atoms with Crippen molar-refractivity contribution in [2.75, 3.05) is 11.9 Å². The van der Waals surface area contributed by atoms with E-state index in [0.717, 1.165) is 0 Å². The number of rotatable bonds is 6. The molecule has 1 amide bonds. The van der Waals surface area contributed by atoms with Crippen LogP contribution in [0.1, 0.15) is 25.2 Å². The van der Waals surface area contributed by atoms with Gasteiger partial charge in [0.1, 0.15) is 21.5 Å². The summed E-state index contributed by atoms with van der Waals surface area (Å²) in [6, 6.07) is 8.92. The van der Waals surface area contributed by atoms with Crippen LogP contribution in [0.4, 0.5) is 5.82 Å². The molecule has 3 aromatic rings. The number of carbonyl (C=O) groups excluding carboxylic acids is 1. The molecule has 7 nitrogen and oxygen atoms in total. The maximum atomic E-state index is 13.2. The van der Waals surface area contributed by atoms with Crippen molar-refractivity contribution >= 4 is 51.7 Å². The summed E-state index contributed by atoms with van der Waals surface area (Å²) < 4.78 is 7.22. The SMILES string of the molecule is CC(C)CNc1nc2ccccn2c(=O)c1/C=C1/SC(=S)N(Cc2ccco2)C1=O. The predicted molar refractivity (Wildman–Crippen MR) is 122 cm³/mol. The minimum atomic E-state index is -0.256. The summed E-state index contributed by atoms with van der Waals surface area (Å²) in [5.74, 6) is 1.20. The van der Waals surface area contributed by atoms with E-state index in [0.29, 0.717) is 44.5 Å². The lowest BCUT2D eigenvalue weighted by molar-refractivity contribution is -0.122. The second-order valence-corrected chi connectivity index (χ2v) is 8.91. The molecule has 4 heterocycles. The molecule has 0 aromatic carbocycles. The van der Waals surface area contributed by atoms with Crippen molar-refractivity contribution < 1.29 is 9.21 Å². The third-order valence-electron chi connectivity index (χ3n) is 4.49. The van der Waals surface area contributed by atoms with Crippen molar-refractivity contribution in [3.05, 3.63) is 69.4 Å². The second-order valence-electron chi connectivity index (χ2n) is 7.23. The third kappa shape index (κ3) is 4.03. The third-order valence-corrected chi connectivity index (χ3v) is 5.87. The van der Waals surface area contributed by atoms with Gasteiger partial charge < -0.3 is 9.73 Å². The van der Waals surface area contributed by atoms with E-state index in [2.05, 4.69) is 24.1 Å². The second kappa shape index (κ2) is 8.45. The van der Waals surface area contributed by atoms with Gasteiger partial charge in [-0.05, 0) is 36.3 Å². The smallest absolute Gasteiger partial charge is 0.267 e. The highest BCUT2D eigenvalue weighted by molar-refractivity contribution is 8.26. The van der Waals surface area contributed by atoms with Crippen LogP contribution in [0.3, 0.4) is 0 Å². The molecule has 0 radical (unpaired) electrons. The maximum Gasteiger partial charge on any atom is 0.267 e. The molecule has 0 bridgehead atoms. The Bertz CT molecular complexity index is 1200. The lowest BCUT2D eigenvalue weighted by Gasteiger charge is -2.13. The largest absolute Gasteiger partial charge is 0.467 e. The van der Waals surface area contributed by atoms with E-state index >= 15 is 0 Å². The van der Waals surface area contributed by atoms with Crippen LogP contribution in [0, 0.1) is 5.92 Å². The summed E-state index contributed by atoms with van der Waals surface area (Å²) >= 11 is 6.55. The van der Waals surface area contributed by atoms with Crippen molar-refractivity contribution in [2.45, 2.75) is 20.4 Å². The van der Waals surface area contributed by atoms with Crippen molar-refractivity contribution in [3.8, 4) is 0 Å². The van der Waals surface area contributed by atoms with Crippen LogP contribution in [-0.4, -0.2) is 31.1 Å². The molecular weight excluding hydrogens is 420 g/mol. The van der Waals surface area contributed by atoms with E-state index in [-0.39, 0.29) is 18.0 Å². The van der Waals surface area contributed by atoms with Crippen LogP contribution in [0.5, 0.6) is 0 Å².